The molecule has 0 aliphatic heterocycles. The Morgan fingerprint density at radius 2 is 1.86 bits per heavy atom. The van der Waals surface area contributed by atoms with E-state index in [2.05, 4.69) is 10.4 Å². The molecule has 3 aromatic rings. The molecule has 0 bridgehead atoms. The topological polar surface area (TPSA) is 74.6 Å². The van der Waals surface area contributed by atoms with Gasteiger partial charge in [-0.25, -0.2) is 4.68 Å². The summed E-state index contributed by atoms with van der Waals surface area (Å²) in [5.41, 5.74) is 0.869. The normalized spacial score (nSPS) is 10.4. The van der Waals surface area contributed by atoms with Crippen LogP contribution in [0.2, 0.25) is 5.02 Å². The number of aromatic nitrogens is 2. The van der Waals surface area contributed by atoms with Crippen molar-refractivity contribution in [1.82, 2.24) is 9.78 Å². The van der Waals surface area contributed by atoms with Crippen LogP contribution >= 0.6 is 11.6 Å². The quantitative estimate of drug-likeness (QED) is 0.624. The molecule has 0 saturated carbocycles. The van der Waals surface area contributed by atoms with E-state index in [0.29, 0.717) is 34.6 Å². The fraction of sp³-hybridized carbons (Fsp3) is 0.200. The van der Waals surface area contributed by atoms with Gasteiger partial charge >= 0.3 is 0 Å². The Bertz CT molecular complexity index is 958. The molecule has 1 N–H and O–H groups in total. The van der Waals surface area contributed by atoms with E-state index in [-0.39, 0.29) is 12.5 Å². The van der Waals surface area contributed by atoms with Crippen LogP contribution in [0.5, 0.6) is 17.2 Å². The molecule has 0 aliphatic carbocycles. The zero-order valence-electron chi connectivity index (χ0n) is 15.5. The van der Waals surface area contributed by atoms with Gasteiger partial charge < -0.3 is 19.5 Å². The molecule has 7 nitrogen and oxygen atoms in total. The van der Waals surface area contributed by atoms with Crippen LogP contribution in [-0.4, -0.2) is 36.5 Å². The Kier molecular flexibility index (Phi) is 6.39. The Labute approximate surface area is 167 Å². The SMILES string of the molecule is COc1cccc(Cn2nccc2NC(=O)COc2ccccc2Cl)c1OC. The van der Waals surface area contributed by atoms with Gasteiger partial charge in [0.15, 0.2) is 18.1 Å². The van der Waals surface area contributed by atoms with Crippen molar-refractivity contribution in [2.24, 2.45) is 0 Å². The largest absolute Gasteiger partial charge is 0.493 e. The van der Waals surface area contributed by atoms with Crippen molar-refractivity contribution < 1.29 is 19.0 Å². The Morgan fingerprint density at radius 1 is 1.07 bits per heavy atom. The fourth-order valence-electron chi connectivity index (χ4n) is 2.69. The Hall–Kier alpha value is -3.19. The summed E-state index contributed by atoms with van der Waals surface area (Å²) >= 11 is 6.03. The van der Waals surface area contributed by atoms with Gasteiger partial charge in [-0.1, -0.05) is 35.9 Å². The monoisotopic (exact) mass is 401 g/mol. The van der Waals surface area contributed by atoms with Gasteiger partial charge in [0.05, 0.1) is 32.0 Å². The molecular weight excluding hydrogens is 382 g/mol. The third kappa shape index (κ3) is 4.55. The average Bonchev–Trinajstić information content (AvgIpc) is 3.13. The molecule has 0 radical (unpaired) electrons. The molecule has 1 aromatic heterocycles. The van der Waals surface area contributed by atoms with E-state index in [4.69, 9.17) is 25.8 Å². The molecule has 2 aromatic carbocycles. The van der Waals surface area contributed by atoms with Gasteiger partial charge in [-0.2, -0.15) is 5.10 Å². The summed E-state index contributed by atoms with van der Waals surface area (Å²) in [6, 6.07) is 14.3. The maximum Gasteiger partial charge on any atom is 0.263 e. The molecule has 1 heterocycles. The average molecular weight is 402 g/mol. The number of nitrogens with one attached hydrogen (secondary N) is 1. The van der Waals surface area contributed by atoms with Crippen molar-refractivity contribution in [2.75, 3.05) is 26.1 Å². The zero-order valence-corrected chi connectivity index (χ0v) is 16.3. The van der Waals surface area contributed by atoms with Crippen molar-refractivity contribution in [3.05, 3.63) is 65.3 Å². The summed E-state index contributed by atoms with van der Waals surface area (Å²) in [6.07, 6.45) is 1.61. The zero-order chi connectivity index (χ0) is 19.9. The van der Waals surface area contributed by atoms with Crippen LogP contribution in [0, 0.1) is 0 Å². The van der Waals surface area contributed by atoms with Gasteiger partial charge in [-0.15, -0.1) is 0 Å². The van der Waals surface area contributed by atoms with E-state index in [0.717, 1.165) is 5.56 Å². The van der Waals surface area contributed by atoms with Crippen LogP contribution in [0.3, 0.4) is 0 Å². The summed E-state index contributed by atoms with van der Waals surface area (Å²) in [5.74, 6) is 1.93. The highest BCUT2D eigenvalue weighted by atomic mass is 35.5. The second-order valence-corrected chi connectivity index (χ2v) is 6.20. The number of halogens is 1. The maximum atomic E-state index is 12.3. The van der Waals surface area contributed by atoms with Crippen molar-refractivity contribution in [2.45, 2.75) is 6.54 Å². The Balaban J connectivity index is 1.67. The molecule has 8 heteroatoms. The van der Waals surface area contributed by atoms with Crippen LogP contribution in [0.4, 0.5) is 5.82 Å². The van der Waals surface area contributed by atoms with Gasteiger partial charge in [0.2, 0.25) is 0 Å². The molecule has 146 valence electrons. The number of ether oxygens (including phenoxy) is 3. The van der Waals surface area contributed by atoms with Crippen molar-refractivity contribution >= 4 is 23.3 Å². The molecule has 0 saturated heterocycles. The van der Waals surface area contributed by atoms with Gasteiger partial charge in [0.25, 0.3) is 5.91 Å². The van der Waals surface area contributed by atoms with E-state index < -0.39 is 0 Å². The number of anilines is 1. The highest BCUT2D eigenvalue weighted by Gasteiger charge is 2.14. The van der Waals surface area contributed by atoms with Crippen LogP contribution in [-0.2, 0) is 11.3 Å². The van der Waals surface area contributed by atoms with Gasteiger partial charge in [-0.3, -0.25) is 4.79 Å². The number of benzene rings is 2. The predicted molar refractivity (Wildman–Crippen MR) is 106 cm³/mol. The number of methoxy groups -OCH3 is 2. The highest BCUT2D eigenvalue weighted by Crippen LogP contribution is 2.31. The molecule has 0 unspecified atom stereocenters. The number of hydrogen-bond donors (Lipinski definition) is 1. The number of nitrogens with zero attached hydrogens (tertiary/aromatic N) is 2. The summed E-state index contributed by atoms with van der Waals surface area (Å²) in [4.78, 5) is 12.3. The van der Waals surface area contributed by atoms with Crippen LogP contribution in [0.1, 0.15) is 5.56 Å². The molecule has 0 spiro atoms. The first kappa shape index (κ1) is 19.6. The van der Waals surface area contributed by atoms with Gasteiger partial charge in [-0.05, 0) is 18.2 Å². The van der Waals surface area contributed by atoms with Crippen molar-refractivity contribution in [3.8, 4) is 17.2 Å². The smallest absolute Gasteiger partial charge is 0.263 e. The molecule has 3 rings (SSSR count). The Morgan fingerprint density at radius 3 is 2.61 bits per heavy atom. The van der Waals surface area contributed by atoms with Gasteiger partial charge in [0, 0.05) is 11.6 Å². The van der Waals surface area contributed by atoms with E-state index >= 15 is 0 Å². The number of hydrogen-bond acceptors (Lipinski definition) is 5. The lowest BCUT2D eigenvalue weighted by Gasteiger charge is -2.14. The van der Waals surface area contributed by atoms with Crippen molar-refractivity contribution in [1.29, 1.82) is 0 Å². The predicted octanol–water partition coefficient (Wildman–Crippen LogP) is 3.62. The lowest BCUT2D eigenvalue weighted by molar-refractivity contribution is -0.118. The first-order valence-corrected chi connectivity index (χ1v) is 8.89. The second kappa shape index (κ2) is 9.14. The summed E-state index contributed by atoms with van der Waals surface area (Å²) in [5, 5.41) is 7.51. The minimum absolute atomic E-state index is 0.169. The lowest BCUT2D eigenvalue weighted by atomic mass is 10.2. The molecule has 0 fully saturated rings. The van der Waals surface area contributed by atoms with E-state index in [1.54, 1.807) is 55.4 Å². The van der Waals surface area contributed by atoms with Crippen molar-refractivity contribution in [3.63, 3.8) is 0 Å². The van der Waals surface area contributed by atoms with Crippen LogP contribution in [0.15, 0.2) is 54.7 Å². The standard InChI is InChI=1S/C20H20ClN3O4/c1-26-17-9-5-6-14(20(17)27-2)12-24-18(10-11-22-24)23-19(25)13-28-16-8-4-3-7-15(16)21/h3-11H,12-13H2,1-2H3,(H,23,25). The molecular formula is C20H20ClN3O4. The molecule has 1 amide bonds. The molecule has 0 atom stereocenters. The number of carbonyl (C=O) groups is 1. The highest BCUT2D eigenvalue weighted by molar-refractivity contribution is 6.32. The van der Waals surface area contributed by atoms with Crippen LogP contribution < -0.4 is 19.5 Å². The number of carbonyl (C=O) groups excluding carboxylic acids is 1. The number of amides is 1. The summed E-state index contributed by atoms with van der Waals surface area (Å²) in [7, 11) is 3.17. The van der Waals surface area contributed by atoms with E-state index in [1.807, 2.05) is 18.2 Å². The molecule has 0 aliphatic rings. The molecule has 28 heavy (non-hydrogen) atoms. The number of para-hydroxylation sites is 2. The third-order valence-electron chi connectivity index (χ3n) is 3.98. The number of rotatable bonds is 8. The first-order valence-electron chi connectivity index (χ1n) is 8.51. The van der Waals surface area contributed by atoms with Crippen LogP contribution in [0.25, 0.3) is 0 Å². The third-order valence-corrected chi connectivity index (χ3v) is 4.30. The lowest BCUT2D eigenvalue weighted by Crippen LogP contribution is -2.22. The minimum Gasteiger partial charge on any atom is -0.493 e. The first-order chi connectivity index (χ1) is 13.6. The second-order valence-electron chi connectivity index (χ2n) is 5.79. The fourth-order valence-corrected chi connectivity index (χ4v) is 2.88. The van der Waals surface area contributed by atoms with Gasteiger partial charge in [0.1, 0.15) is 11.6 Å². The summed E-state index contributed by atoms with van der Waals surface area (Å²) in [6.45, 7) is 0.228. The summed E-state index contributed by atoms with van der Waals surface area (Å²) < 4.78 is 17.9. The maximum absolute atomic E-state index is 12.3. The minimum atomic E-state index is -0.320. The van der Waals surface area contributed by atoms with E-state index in [1.165, 1.54) is 0 Å². The van der Waals surface area contributed by atoms with E-state index in [9.17, 15) is 4.79 Å².